The molecule has 0 aromatic heterocycles. The number of ether oxygens (including phenoxy) is 1. The number of nitrogens with one attached hydrogen (secondary N) is 1. The summed E-state index contributed by atoms with van der Waals surface area (Å²) in [4.78, 5) is 25.5. The van der Waals surface area contributed by atoms with Crippen molar-refractivity contribution in [1.82, 2.24) is 10.2 Å². The fraction of sp³-hybridized carbons (Fsp3) is 0.500. The summed E-state index contributed by atoms with van der Waals surface area (Å²) >= 11 is 5.87. The van der Waals surface area contributed by atoms with E-state index in [2.05, 4.69) is 5.32 Å². The Morgan fingerprint density at radius 3 is 2.83 bits per heavy atom. The topological polar surface area (TPSA) is 58.6 Å². The monoisotopic (exact) mass is 342 g/mol. The van der Waals surface area contributed by atoms with Gasteiger partial charge in [-0.2, -0.15) is 0 Å². The van der Waals surface area contributed by atoms with E-state index in [0.717, 1.165) is 19.0 Å². The zero-order chi connectivity index (χ0) is 17.0. The Morgan fingerprint density at radius 1 is 1.48 bits per heavy atom. The molecule has 1 aliphatic heterocycles. The Hall–Kier alpha value is -1.82. The number of nitrogens with zero attached hydrogens (tertiary/aromatic N) is 1. The lowest BCUT2D eigenvalue weighted by molar-refractivity contribution is -0.130. The van der Waals surface area contributed by atoms with Crippen molar-refractivity contribution in [3.63, 3.8) is 0 Å². The first-order chi connectivity index (χ1) is 10.9. The van der Waals surface area contributed by atoms with Crippen LogP contribution in [-0.2, 0) is 9.59 Å². The van der Waals surface area contributed by atoms with E-state index in [9.17, 15) is 14.0 Å². The molecule has 1 saturated heterocycles. The molecule has 23 heavy (non-hydrogen) atoms. The third kappa shape index (κ3) is 4.82. The van der Waals surface area contributed by atoms with Gasteiger partial charge in [0.2, 0.25) is 5.91 Å². The number of carbonyl (C=O) groups excluding carboxylic acids is 2. The predicted octanol–water partition coefficient (Wildman–Crippen LogP) is 2.37. The minimum Gasteiger partial charge on any atom is -0.479 e. The van der Waals surface area contributed by atoms with E-state index in [-0.39, 0.29) is 28.6 Å². The van der Waals surface area contributed by atoms with Crippen LogP contribution in [0.3, 0.4) is 0 Å². The average molecular weight is 343 g/mol. The molecule has 0 radical (unpaired) electrons. The molecule has 0 unspecified atom stereocenters. The van der Waals surface area contributed by atoms with E-state index in [1.165, 1.54) is 12.1 Å². The van der Waals surface area contributed by atoms with Crippen LogP contribution in [0.4, 0.5) is 4.39 Å². The van der Waals surface area contributed by atoms with Crippen LogP contribution < -0.4 is 10.1 Å². The van der Waals surface area contributed by atoms with Gasteiger partial charge in [0.1, 0.15) is 11.6 Å². The van der Waals surface area contributed by atoms with Crippen LogP contribution in [-0.4, -0.2) is 41.9 Å². The largest absolute Gasteiger partial charge is 0.479 e. The van der Waals surface area contributed by atoms with Gasteiger partial charge in [-0.1, -0.05) is 11.6 Å². The summed E-state index contributed by atoms with van der Waals surface area (Å²) in [5, 5.41) is 2.91. The second-order valence-corrected chi connectivity index (χ2v) is 6.09. The molecule has 1 fully saturated rings. The van der Waals surface area contributed by atoms with E-state index in [1.54, 1.807) is 11.8 Å². The minimum absolute atomic E-state index is 0.111. The van der Waals surface area contributed by atoms with Crippen LogP contribution in [0.15, 0.2) is 18.2 Å². The van der Waals surface area contributed by atoms with E-state index >= 15 is 0 Å². The molecule has 1 N–H and O–H groups in total. The van der Waals surface area contributed by atoms with Crippen LogP contribution in [0.5, 0.6) is 5.75 Å². The number of hydrogen-bond donors (Lipinski definition) is 1. The quantitative estimate of drug-likeness (QED) is 0.863. The summed E-state index contributed by atoms with van der Waals surface area (Å²) in [7, 11) is 0. The van der Waals surface area contributed by atoms with Crippen molar-refractivity contribution < 1.29 is 18.7 Å². The van der Waals surface area contributed by atoms with Crippen molar-refractivity contribution in [3.05, 3.63) is 29.0 Å². The van der Waals surface area contributed by atoms with Gasteiger partial charge >= 0.3 is 0 Å². The lowest BCUT2D eigenvalue weighted by Crippen LogP contribution is -2.46. The molecule has 1 aliphatic rings. The molecule has 1 aromatic rings. The molecule has 1 heterocycles. The summed E-state index contributed by atoms with van der Waals surface area (Å²) in [5.41, 5.74) is 0. The molecule has 7 heteroatoms. The van der Waals surface area contributed by atoms with Crippen molar-refractivity contribution in [3.8, 4) is 5.75 Å². The van der Waals surface area contributed by atoms with Crippen molar-refractivity contribution in [2.24, 2.45) is 0 Å². The maximum atomic E-state index is 13.0. The SMILES string of the molecule is C[C@@H](CN1CCCC1=O)NC(=O)[C@@H](C)Oc1ccc(F)cc1Cl. The van der Waals surface area contributed by atoms with Gasteiger partial charge in [-0.3, -0.25) is 9.59 Å². The van der Waals surface area contributed by atoms with Gasteiger partial charge in [-0.25, -0.2) is 4.39 Å². The van der Waals surface area contributed by atoms with Crippen LogP contribution in [0.25, 0.3) is 0 Å². The Balaban J connectivity index is 1.85. The highest BCUT2D eigenvalue weighted by atomic mass is 35.5. The summed E-state index contributed by atoms with van der Waals surface area (Å²) in [5.74, 6) is -0.417. The third-order valence-corrected chi connectivity index (χ3v) is 3.92. The molecule has 5 nitrogen and oxygen atoms in total. The highest BCUT2D eigenvalue weighted by Crippen LogP contribution is 2.25. The minimum atomic E-state index is -0.783. The van der Waals surface area contributed by atoms with Gasteiger partial charge in [0.25, 0.3) is 5.91 Å². The molecule has 0 saturated carbocycles. The number of amides is 2. The zero-order valence-electron chi connectivity index (χ0n) is 13.1. The maximum Gasteiger partial charge on any atom is 0.261 e. The molecular weight excluding hydrogens is 323 g/mol. The average Bonchev–Trinajstić information content (AvgIpc) is 2.87. The summed E-state index contributed by atoms with van der Waals surface area (Å²) < 4.78 is 18.5. The first-order valence-electron chi connectivity index (χ1n) is 7.56. The van der Waals surface area contributed by atoms with E-state index < -0.39 is 11.9 Å². The Morgan fingerprint density at radius 2 is 2.22 bits per heavy atom. The molecule has 0 aliphatic carbocycles. The molecular formula is C16H20ClFN2O3. The highest BCUT2D eigenvalue weighted by Gasteiger charge is 2.24. The molecule has 0 spiro atoms. The fourth-order valence-electron chi connectivity index (χ4n) is 2.45. The highest BCUT2D eigenvalue weighted by molar-refractivity contribution is 6.32. The van der Waals surface area contributed by atoms with Gasteiger partial charge < -0.3 is 15.0 Å². The van der Waals surface area contributed by atoms with Crippen molar-refractivity contribution in [2.45, 2.75) is 38.8 Å². The molecule has 2 rings (SSSR count). The van der Waals surface area contributed by atoms with Gasteiger partial charge in [-0.05, 0) is 38.5 Å². The van der Waals surface area contributed by atoms with Crippen LogP contribution in [0.1, 0.15) is 26.7 Å². The van der Waals surface area contributed by atoms with Gasteiger partial charge in [-0.15, -0.1) is 0 Å². The molecule has 2 amide bonds. The second kappa shape index (κ2) is 7.64. The first-order valence-corrected chi connectivity index (χ1v) is 7.94. The number of likely N-dealkylation sites (tertiary alicyclic amines) is 1. The lowest BCUT2D eigenvalue weighted by atomic mass is 10.2. The summed E-state index contributed by atoms with van der Waals surface area (Å²) in [6, 6.07) is 3.55. The van der Waals surface area contributed by atoms with Crippen molar-refractivity contribution in [2.75, 3.05) is 13.1 Å². The summed E-state index contributed by atoms with van der Waals surface area (Å²) in [6.07, 6.45) is 0.653. The Kier molecular flexibility index (Phi) is 5.82. The number of carbonyl (C=O) groups is 2. The molecule has 126 valence electrons. The molecule has 0 bridgehead atoms. The van der Waals surface area contributed by atoms with Crippen LogP contribution in [0, 0.1) is 5.82 Å². The van der Waals surface area contributed by atoms with Crippen molar-refractivity contribution >= 4 is 23.4 Å². The Bertz CT molecular complexity index is 597. The predicted molar refractivity (Wildman–Crippen MR) is 84.9 cm³/mol. The second-order valence-electron chi connectivity index (χ2n) is 5.69. The first kappa shape index (κ1) is 17.5. The van der Waals surface area contributed by atoms with Crippen LogP contribution >= 0.6 is 11.6 Å². The standard InChI is InChI=1S/C16H20ClFN2O3/c1-10(9-20-7-3-4-15(20)21)19-16(22)11(2)23-14-6-5-12(18)8-13(14)17/h5-6,8,10-11H,3-4,7,9H2,1-2H3,(H,19,22)/t10-,11+/m0/s1. The van der Waals surface area contributed by atoms with E-state index in [4.69, 9.17) is 16.3 Å². The Labute approximate surface area is 139 Å². The smallest absolute Gasteiger partial charge is 0.261 e. The van der Waals surface area contributed by atoms with Gasteiger partial charge in [0, 0.05) is 25.6 Å². The van der Waals surface area contributed by atoms with Gasteiger partial charge in [0.15, 0.2) is 6.10 Å². The number of halogens is 2. The zero-order valence-corrected chi connectivity index (χ0v) is 13.9. The van der Waals surface area contributed by atoms with Gasteiger partial charge in [0.05, 0.1) is 5.02 Å². The van der Waals surface area contributed by atoms with Crippen molar-refractivity contribution in [1.29, 1.82) is 0 Å². The molecule has 2 atom stereocenters. The number of rotatable bonds is 6. The number of benzene rings is 1. The maximum absolute atomic E-state index is 13.0. The van der Waals surface area contributed by atoms with E-state index in [0.29, 0.717) is 13.0 Å². The molecule has 1 aromatic carbocycles. The fourth-order valence-corrected chi connectivity index (χ4v) is 2.66. The number of hydrogen-bond acceptors (Lipinski definition) is 3. The summed E-state index contributed by atoms with van der Waals surface area (Å²) in [6.45, 7) is 4.63. The third-order valence-electron chi connectivity index (χ3n) is 3.62. The van der Waals surface area contributed by atoms with E-state index in [1.807, 2.05) is 6.92 Å². The normalized spacial score (nSPS) is 17.0. The van der Waals surface area contributed by atoms with Crippen LogP contribution in [0.2, 0.25) is 5.02 Å². The lowest BCUT2D eigenvalue weighted by Gasteiger charge is -2.23.